The van der Waals surface area contributed by atoms with Gasteiger partial charge in [0.15, 0.2) is 5.69 Å². The highest BCUT2D eigenvalue weighted by atomic mass is 19.4. The smallest absolute Gasteiger partial charge is 0.356 e. The van der Waals surface area contributed by atoms with E-state index >= 15 is 0 Å². The summed E-state index contributed by atoms with van der Waals surface area (Å²) in [5.74, 6) is 0. The van der Waals surface area contributed by atoms with Crippen molar-refractivity contribution in [1.82, 2.24) is 0 Å². The summed E-state index contributed by atoms with van der Waals surface area (Å²) in [6, 6.07) is 9.28. The predicted molar refractivity (Wildman–Crippen MR) is 87.9 cm³/mol. The molecule has 0 unspecified atom stereocenters. The topological polar surface area (TPSA) is 89.5 Å². The summed E-state index contributed by atoms with van der Waals surface area (Å²) in [6.07, 6.45) is -4.94. The monoisotopic (exact) mass is 369 g/mol. The molecule has 0 saturated carbocycles. The second-order valence-corrected chi connectivity index (χ2v) is 5.37. The van der Waals surface area contributed by atoms with Crippen molar-refractivity contribution in [3.8, 4) is 0 Å². The summed E-state index contributed by atoms with van der Waals surface area (Å²) in [5.41, 5.74) is -3.08. The van der Waals surface area contributed by atoms with E-state index in [4.69, 9.17) is 0 Å². The number of anilines is 1. The molecule has 2 aromatic carbocycles. The Balaban J connectivity index is 2.67. The lowest BCUT2D eigenvalue weighted by molar-refractivity contribution is -0.393. The van der Waals surface area contributed by atoms with E-state index < -0.39 is 38.6 Å². The van der Waals surface area contributed by atoms with Gasteiger partial charge in [-0.15, -0.1) is 0 Å². The number of benzene rings is 2. The molecule has 0 spiro atoms. The molecule has 0 atom stereocenters. The van der Waals surface area contributed by atoms with Gasteiger partial charge < -0.3 is 4.90 Å². The van der Waals surface area contributed by atoms with Gasteiger partial charge in [-0.05, 0) is 12.5 Å². The molecule has 7 nitrogen and oxygen atoms in total. The molecule has 0 aliphatic rings. The number of alkyl halides is 3. The highest BCUT2D eigenvalue weighted by Gasteiger charge is 2.39. The van der Waals surface area contributed by atoms with Gasteiger partial charge in [-0.2, -0.15) is 13.2 Å². The number of nitro benzene ring substituents is 2. The van der Waals surface area contributed by atoms with E-state index in [1.54, 1.807) is 37.3 Å². The minimum Gasteiger partial charge on any atom is -0.356 e. The third-order valence-electron chi connectivity index (χ3n) is 3.70. The Labute approximate surface area is 146 Å². The van der Waals surface area contributed by atoms with Crippen LogP contribution in [-0.4, -0.2) is 16.4 Å². The van der Waals surface area contributed by atoms with E-state index in [9.17, 15) is 33.4 Å². The fraction of sp³-hybridized carbons (Fsp3) is 0.250. The molecule has 0 amide bonds. The molecule has 0 saturated heterocycles. The first-order chi connectivity index (χ1) is 12.1. The molecule has 138 valence electrons. The maximum atomic E-state index is 13.0. The predicted octanol–water partition coefficient (Wildman–Crippen LogP) is 4.55. The van der Waals surface area contributed by atoms with Crippen molar-refractivity contribution in [3.63, 3.8) is 0 Å². The maximum absolute atomic E-state index is 13.0. The third kappa shape index (κ3) is 4.08. The summed E-state index contributed by atoms with van der Waals surface area (Å²) in [7, 11) is 0. The minimum absolute atomic E-state index is 0.0738. The summed E-state index contributed by atoms with van der Waals surface area (Å²) >= 11 is 0. The molecule has 2 aromatic rings. The minimum atomic E-state index is -4.94. The Bertz CT molecular complexity index is 790. The van der Waals surface area contributed by atoms with Crippen molar-refractivity contribution >= 4 is 17.1 Å². The van der Waals surface area contributed by atoms with Crippen LogP contribution in [0.4, 0.5) is 30.2 Å². The lowest BCUT2D eigenvalue weighted by Crippen LogP contribution is -2.24. The van der Waals surface area contributed by atoms with Crippen molar-refractivity contribution < 1.29 is 23.0 Å². The van der Waals surface area contributed by atoms with Crippen LogP contribution >= 0.6 is 0 Å². The van der Waals surface area contributed by atoms with Crippen LogP contribution in [0, 0.1) is 20.2 Å². The fourth-order valence-corrected chi connectivity index (χ4v) is 2.52. The van der Waals surface area contributed by atoms with Crippen molar-refractivity contribution in [2.24, 2.45) is 0 Å². The van der Waals surface area contributed by atoms with Crippen molar-refractivity contribution in [2.75, 3.05) is 11.4 Å². The van der Waals surface area contributed by atoms with Crippen molar-refractivity contribution in [1.29, 1.82) is 0 Å². The van der Waals surface area contributed by atoms with Crippen LogP contribution in [0.1, 0.15) is 18.1 Å². The molecule has 0 bridgehead atoms. The van der Waals surface area contributed by atoms with Crippen LogP contribution in [0.15, 0.2) is 42.5 Å². The number of hydrogen-bond acceptors (Lipinski definition) is 5. The molecule has 0 aromatic heterocycles. The quantitative estimate of drug-likeness (QED) is 0.550. The summed E-state index contributed by atoms with van der Waals surface area (Å²) in [5, 5.41) is 22.7. The number of nitro groups is 2. The summed E-state index contributed by atoms with van der Waals surface area (Å²) in [4.78, 5) is 21.9. The Kier molecular flexibility index (Phi) is 5.44. The van der Waals surface area contributed by atoms with Crippen LogP contribution in [0.25, 0.3) is 0 Å². The zero-order valence-electron chi connectivity index (χ0n) is 13.6. The average molecular weight is 369 g/mol. The van der Waals surface area contributed by atoms with Gasteiger partial charge in [-0.1, -0.05) is 30.3 Å². The van der Waals surface area contributed by atoms with E-state index in [0.29, 0.717) is 17.7 Å². The Morgan fingerprint density at radius 3 is 1.88 bits per heavy atom. The highest BCUT2D eigenvalue weighted by molar-refractivity contribution is 5.76. The first-order valence-corrected chi connectivity index (χ1v) is 7.48. The summed E-state index contributed by atoms with van der Waals surface area (Å²) < 4.78 is 38.9. The second-order valence-electron chi connectivity index (χ2n) is 5.37. The van der Waals surface area contributed by atoms with Gasteiger partial charge in [0.2, 0.25) is 0 Å². The van der Waals surface area contributed by atoms with Crippen LogP contribution in [0.2, 0.25) is 0 Å². The van der Waals surface area contributed by atoms with Crippen molar-refractivity contribution in [3.05, 3.63) is 73.8 Å². The molecule has 0 radical (unpaired) electrons. The van der Waals surface area contributed by atoms with Crippen LogP contribution < -0.4 is 4.90 Å². The first-order valence-electron chi connectivity index (χ1n) is 7.48. The fourth-order valence-electron chi connectivity index (χ4n) is 2.52. The van der Waals surface area contributed by atoms with E-state index in [2.05, 4.69) is 0 Å². The Morgan fingerprint density at radius 1 is 1.00 bits per heavy atom. The first kappa shape index (κ1) is 19.2. The van der Waals surface area contributed by atoms with Gasteiger partial charge in [0.25, 0.3) is 11.4 Å². The van der Waals surface area contributed by atoms with Gasteiger partial charge in [-0.3, -0.25) is 20.2 Å². The maximum Gasteiger partial charge on any atom is 0.416 e. The molecule has 0 fully saturated rings. The van der Waals surface area contributed by atoms with Crippen LogP contribution in [0.5, 0.6) is 0 Å². The number of halogens is 3. The standard InChI is InChI=1S/C16H14F3N3O4/c1-2-20(10-11-6-4-3-5-7-11)15-13(21(23)24)8-12(16(17,18)19)9-14(15)22(25)26/h3-9H,2,10H2,1H3. The van der Waals surface area contributed by atoms with E-state index in [1.165, 1.54) is 4.90 Å². The lowest BCUT2D eigenvalue weighted by Gasteiger charge is -2.23. The zero-order valence-corrected chi connectivity index (χ0v) is 13.6. The van der Waals surface area contributed by atoms with Gasteiger partial charge in [-0.25, -0.2) is 0 Å². The second kappa shape index (κ2) is 7.38. The Hall–Kier alpha value is -3.17. The van der Waals surface area contributed by atoms with E-state index in [-0.39, 0.29) is 13.1 Å². The molecular weight excluding hydrogens is 355 g/mol. The zero-order chi connectivity index (χ0) is 19.5. The lowest BCUT2D eigenvalue weighted by atomic mass is 10.1. The molecule has 10 heteroatoms. The Morgan fingerprint density at radius 2 is 1.50 bits per heavy atom. The highest BCUT2D eigenvalue weighted by Crippen LogP contribution is 2.43. The molecule has 0 N–H and O–H groups in total. The van der Waals surface area contributed by atoms with Crippen molar-refractivity contribution in [2.45, 2.75) is 19.6 Å². The molecule has 26 heavy (non-hydrogen) atoms. The third-order valence-corrected chi connectivity index (χ3v) is 3.70. The van der Waals surface area contributed by atoms with Gasteiger partial charge in [0.05, 0.1) is 15.4 Å². The number of hydrogen-bond donors (Lipinski definition) is 0. The van der Waals surface area contributed by atoms with E-state index in [1.807, 2.05) is 0 Å². The van der Waals surface area contributed by atoms with Gasteiger partial charge in [0, 0.05) is 25.2 Å². The normalized spacial score (nSPS) is 11.2. The van der Waals surface area contributed by atoms with E-state index in [0.717, 1.165) is 0 Å². The number of nitrogens with zero attached hydrogens (tertiary/aromatic N) is 3. The molecular formula is C16H14F3N3O4. The van der Waals surface area contributed by atoms with Gasteiger partial charge in [0.1, 0.15) is 0 Å². The molecule has 2 rings (SSSR count). The largest absolute Gasteiger partial charge is 0.416 e. The number of rotatable bonds is 6. The van der Waals surface area contributed by atoms with Crippen LogP contribution in [-0.2, 0) is 12.7 Å². The molecule has 0 aliphatic carbocycles. The molecule has 0 heterocycles. The average Bonchev–Trinajstić information content (AvgIpc) is 2.58. The van der Waals surface area contributed by atoms with Gasteiger partial charge >= 0.3 is 6.18 Å². The molecule has 0 aliphatic heterocycles. The SMILES string of the molecule is CCN(Cc1ccccc1)c1c([N+](=O)[O-])cc(C(F)(F)F)cc1[N+](=O)[O-]. The van der Waals surface area contributed by atoms with Crippen LogP contribution in [0.3, 0.4) is 0 Å². The summed E-state index contributed by atoms with van der Waals surface area (Å²) in [6.45, 7) is 1.81.